The van der Waals surface area contributed by atoms with Crippen molar-refractivity contribution in [1.29, 1.82) is 5.26 Å². The summed E-state index contributed by atoms with van der Waals surface area (Å²) in [4.78, 5) is 0. The van der Waals surface area contributed by atoms with Gasteiger partial charge in [-0.05, 0) is 48.9 Å². The van der Waals surface area contributed by atoms with Gasteiger partial charge >= 0.3 is 0 Å². The van der Waals surface area contributed by atoms with Gasteiger partial charge in [0.05, 0.1) is 11.6 Å². The summed E-state index contributed by atoms with van der Waals surface area (Å²) in [5.74, 6) is 1.06. The quantitative estimate of drug-likeness (QED) is 0.745. The van der Waals surface area contributed by atoms with Crippen LogP contribution in [0.15, 0.2) is 18.2 Å². The summed E-state index contributed by atoms with van der Waals surface area (Å²) in [6.45, 7) is 0. The van der Waals surface area contributed by atoms with E-state index in [2.05, 4.69) is 6.07 Å². The lowest BCUT2D eigenvalue weighted by Crippen LogP contribution is -1.89. The topological polar surface area (TPSA) is 44.0 Å². The summed E-state index contributed by atoms with van der Waals surface area (Å²) < 4.78 is 0. The summed E-state index contributed by atoms with van der Waals surface area (Å²) in [5.41, 5.74) is 1.55. The summed E-state index contributed by atoms with van der Waals surface area (Å²) in [6, 6.07) is 7.11. The van der Waals surface area contributed by atoms with Gasteiger partial charge in [0.2, 0.25) is 0 Å². The van der Waals surface area contributed by atoms with Gasteiger partial charge in [0.15, 0.2) is 0 Å². The van der Waals surface area contributed by atoms with Gasteiger partial charge in [0.25, 0.3) is 0 Å². The van der Waals surface area contributed by atoms with Crippen molar-refractivity contribution in [2.24, 2.45) is 5.92 Å². The minimum Gasteiger partial charge on any atom is -0.508 e. The number of phenolic OH excluding ortho intramolecular Hbond substituents is 1. The van der Waals surface area contributed by atoms with Crippen LogP contribution in [0.4, 0.5) is 0 Å². The van der Waals surface area contributed by atoms with Gasteiger partial charge in [0, 0.05) is 0 Å². The maximum atomic E-state index is 9.50. The number of nitriles is 1. The number of nitrogens with zero attached hydrogens (tertiary/aromatic N) is 1. The van der Waals surface area contributed by atoms with E-state index >= 15 is 0 Å². The molecule has 0 aromatic heterocycles. The standard InChI is InChI=1S/C11H11NO/c12-7-9-3-4-11(13)10(6-9)5-8-1-2-8/h3-4,6,8,13H,1-2,5H2. The molecule has 1 aromatic rings. The zero-order valence-corrected chi connectivity index (χ0v) is 7.33. The molecule has 0 unspecified atom stereocenters. The zero-order chi connectivity index (χ0) is 9.26. The normalized spacial score (nSPS) is 15.3. The first-order valence-corrected chi connectivity index (χ1v) is 4.51. The number of aromatic hydroxyl groups is 1. The van der Waals surface area contributed by atoms with Crippen molar-refractivity contribution in [3.05, 3.63) is 29.3 Å². The molecule has 13 heavy (non-hydrogen) atoms. The van der Waals surface area contributed by atoms with Crippen LogP contribution >= 0.6 is 0 Å². The molecule has 1 saturated carbocycles. The third-order valence-corrected chi connectivity index (χ3v) is 2.41. The molecule has 0 atom stereocenters. The molecule has 1 aromatic carbocycles. The van der Waals surface area contributed by atoms with Crippen LogP contribution in [-0.2, 0) is 6.42 Å². The second-order valence-corrected chi connectivity index (χ2v) is 3.60. The summed E-state index contributed by atoms with van der Waals surface area (Å²) in [5, 5.41) is 18.2. The molecule has 2 rings (SSSR count). The number of hydrogen-bond donors (Lipinski definition) is 1. The van der Waals surface area contributed by atoms with E-state index in [9.17, 15) is 5.11 Å². The van der Waals surface area contributed by atoms with E-state index in [1.54, 1.807) is 18.2 Å². The number of rotatable bonds is 2. The maximum Gasteiger partial charge on any atom is 0.118 e. The van der Waals surface area contributed by atoms with Crippen LogP contribution in [0, 0.1) is 17.2 Å². The highest BCUT2D eigenvalue weighted by molar-refractivity contribution is 5.41. The number of hydrogen-bond acceptors (Lipinski definition) is 2. The Morgan fingerprint density at radius 2 is 2.23 bits per heavy atom. The Kier molecular flexibility index (Phi) is 1.94. The highest BCUT2D eigenvalue weighted by atomic mass is 16.3. The second-order valence-electron chi connectivity index (χ2n) is 3.60. The third-order valence-electron chi connectivity index (χ3n) is 2.41. The van der Waals surface area contributed by atoms with Gasteiger partial charge in [0.1, 0.15) is 5.75 Å². The fourth-order valence-corrected chi connectivity index (χ4v) is 1.45. The van der Waals surface area contributed by atoms with Crippen LogP contribution in [0.25, 0.3) is 0 Å². The molecule has 0 amide bonds. The fourth-order valence-electron chi connectivity index (χ4n) is 1.45. The molecule has 0 aliphatic heterocycles. The molecule has 0 spiro atoms. The first-order chi connectivity index (χ1) is 6.29. The van der Waals surface area contributed by atoms with Crippen LogP contribution < -0.4 is 0 Å². The lowest BCUT2D eigenvalue weighted by atomic mass is 10.1. The van der Waals surface area contributed by atoms with Crippen LogP contribution in [-0.4, -0.2) is 5.11 Å². The predicted molar refractivity (Wildman–Crippen MR) is 49.2 cm³/mol. The monoisotopic (exact) mass is 173 g/mol. The molecule has 0 saturated heterocycles. The molecule has 1 aliphatic rings. The number of phenols is 1. The van der Waals surface area contributed by atoms with E-state index < -0.39 is 0 Å². The maximum absolute atomic E-state index is 9.50. The molecule has 0 bridgehead atoms. The van der Waals surface area contributed by atoms with E-state index in [1.807, 2.05) is 0 Å². The van der Waals surface area contributed by atoms with Crippen molar-refractivity contribution in [2.45, 2.75) is 19.3 Å². The zero-order valence-electron chi connectivity index (χ0n) is 7.33. The van der Waals surface area contributed by atoms with E-state index in [4.69, 9.17) is 5.26 Å². The predicted octanol–water partition coefficient (Wildman–Crippen LogP) is 2.22. The molecule has 1 N–H and O–H groups in total. The van der Waals surface area contributed by atoms with Gasteiger partial charge in [-0.2, -0.15) is 5.26 Å². The van der Waals surface area contributed by atoms with Crippen molar-refractivity contribution < 1.29 is 5.11 Å². The molecule has 2 nitrogen and oxygen atoms in total. The van der Waals surface area contributed by atoms with Gasteiger partial charge in [-0.1, -0.05) is 0 Å². The highest BCUT2D eigenvalue weighted by Crippen LogP contribution is 2.35. The molecule has 0 radical (unpaired) electrons. The minimum absolute atomic E-state index is 0.325. The average Bonchev–Trinajstić information content (AvgIpc) is 2.93. The molecule has 0 heterocycles. The van der Waals surface area contributed by atoms with Crippen LogP contribution in [0.2, 0.25) is 0 Å². The lowest BCUT2D eigenvalue weighted by Gasteiger charge is -2.02. The third kappa shape index (κ3) is 1.81. The molecular weight excluding hydrogens is 162 g/mol. The Bertz CT molecular complexity index is 361. The molecule has 1 aliphatic carbocycles. The lowest BCUT2D eigenvalue weighted by molar-refractivity contribution is 0.466. The Hall–Kier alpha value is -1.49. The van der Waals surface area contributed by atoms with Gasteiger partial charge in [-0.3, -0.25) is 0 Å². The minimum atomic E-state index is 0.325. The average molecular weight is 173 g/mol. The van der Waals surface area contributed by atoms with E-state index in [1.165, 1.54) is 12.8 Å². The van der Waals surface area contributed by atoms with Crippen molar-refractivity contribution in [1.82, 2.24) is 0 Å². The Balaban J connectivity index is 2.25. The Morgan fingerprint density at radius 3 is 2.85 bits per heavy atom. The van der Waals surface area contributed by atoms with E-state index in [0.717, 1.165) is 17.9 Å². The molecule has 1 fully saturated rings. The summed E-state index contributed by atoms with van der Waals surface area (Å²) >= 11 is 0. The van der Waals surface area contributed by atoms with Crippen LogP contribution in [0.3, 0.4) is 0 Å². The van der Waals surface area contributed by atoms with Gasteiger partial charge < -0.3 is 5.11 Å². The van der Waals surface area contributed by atoms with E-state index in [0.29, 0.717) is 11.3 Å². The Labute approximate surface area is 77.4 Å². The summed E-state index contributed by atoms with van der Waals surface area (Å²) in [7, 11) is 0. The second kappa shape index (κ2) is 3.10. The Morgan fingerprint density at radius 1 is 1.46 bits per heavy atom. The molecule has 66 valence electrons. The smallest absolute Gasteiger partial charge is 0.118 e. The molecular formula is C11H11NO. The van der Waals surface area contributed by atoms with Crippen molar-refractivity contribution in [3.8, 4) is 11.8 Å². The van der Waals surface area contributed by atoms with Crippen LogP contribution in [0.5, 0.6) is 5.75 Å². The first kappa shape index (κ1) is 8.12. The van der Waals surface area contributed by atoms with Crippen molar-refractivity contribution in [2.75, 3.05) is 0 Å². The SMILES string of the molecule is N#Cc1ccc(O)c(CC2CC2)c1. The van der Waals surface area contributed by atoms with Crippen LogP contribution in [0.1, 0.15) is 24.0 Å². The van der Waals surface area contributed by atoms with E-state index in [-0.39, 0.29) is 0 Å². The van der Waals surface area contributed by atoms with Gasteiger partial charge in [-0.25, -0.2) is 0 Å². The largest absolute Gasteiger partial charge is 0.508 e. The fraction of sp³-hybridized carbons (Fsp3) is 0.364. The number of benzene rings is 1. The first-order valence-electron chi connectivity index (χ1n) is 4.51. The highest BCUT2D eigenvalue weighted by Gasteiger charge is 2.22. The van der Waals surface area contributed by atoms with Crippen molar-refractivity contribution >= 4 is 0 Å². The van der Waals surface area contributed by atoms with Gasteiger partial charge in [-0.15, -0.1) is 0 Å². The molecule has 2 heteroatoms. The van der Waals surface area contributed by atoms with Crippen molar-refractivity contribution in [3.63, 3.8) is 0 Å². The summed E-state index contributed by atoms with van der Waals surface area (Å²) in [6.07, 6.45) is 3.44.